The standard InChI is InChI=1S/C16H26N4O/c1-4-5-10-19(3)15-9-8-14(17-18-15)16(21)20-11-6-7-13(2)12-20/h8-9,13H,4-7,10-12H2,1-3H3. The molecule has 1 aromatic heterocycles. The summed E-state index contributed by atoms with van der Waals surface area (Å²) in [6.45, 7) is 6.99. The van der Waals surface area contributed by atoms with E-state index >= 15 is 0 Å². The Labute approximate surface area is 127 Å². The molecular formula is C16H26N4O. The first-order valence-electron chi connectivity index (χ1n) is 7.96. The third kappa shape index (κ3) is 4.16. The molecule has 5 heteroatoms. The number of anilines is 1. The fraction of sp³-hybridized carbons (Fsp3) is 0.688. The van der Waals surface area contributed by atoms with Crippen molar-refractivity contribution in [2.45, 2.75) is 39.5 Å². The lowest BCUT2D eigenvalue weighted by molar-refractivity contribution is 0.0676. The number of aromatic nitrogens is 2. The quantitative estimate of drug-likeness (QED) is 0.836. The molecule has 1 unspecified atom stereocenters. The SMILES string of the molecule is CCCCN(C)c1ccc(C(=O)N2CCCC(C)C2)nn1. The number of likely N-dealkylation sites (tertiary alicyclic amines) is 1. The van der Waals surface area contributed by atoms with Gasteiger partial charge in [-0.15, -0.1) is 10.2 Å². The summed E-state index contributed by atoms with van der Waals surface area (Å²) in [7, 11) is 2.01. The minimum Gasteiger partial charge on any atom is -0.358 e. The second-order valence-electron chi connectivity index (χ2n) is 6.05. The molecule has 1 amide bonds. The van der Waals surface area contributed by atoms with Gasteiger partial charge < -0.3 is 9.80 Å². The largest absolute Gasteiger partial charge is 0.358 e. The third-order valence-electron chi connectivity index (χ3n) is 4.05. The third-order valence-corrected chi connectivity index (χ3v) is 4.05. The number of hydrogen-bond acceptors (Lipinski definition) is 4. The fourth-order valence-corrected chi connectivity index (χ4v) is 2.69. The van der Waals surface area contributed by atoms with E-state index in [1.165, 1.54) is 6.42 Å². The van der Waals surface area contributed by atoms with E-state index in [-0.39, 0.29) is 5.91 Å². The molecule has 1 saturated heterocycles. The summed E-state index contributed by atoms with van der Waals surface area (Å²) in [5.41, 5.74) is 0.455. The number of piperidine rings is 1. The van der Waals surface area contributed by atoms with Crippen molar-refractivity contribution in [2.24, 2.45) is 5.92 Å². The molecule has 1 aliphatic rings. The molecule has 0 aromatic carbocycles. The van der Waals surface area contributed by atoms with Gasteiger partial charge in [0.05, 0.1) is 0 Å². The van der Waals surface area contributed by atoms with Crippen molar-refractivity contribution in [3.8, 4) is 0 Å². The van der Waals surface area contributed by atoms with Gasteiger partial charge in [0.2, 0.25) is 0 Å². The minimum atomic E-state index is 0.0109. The van der Waals surface area contributed by atoms with Crippen LogP contribution < -0.4 is 4.90 Å². The molecular weight excluding hydrogens is 264 g/mol. The van der Waals surface area contributed by atoms with Crippen molar-refractivity contribution >= 4 is 11.7 Å². The van der Waals surface area contributed by atoms with E-state index in [4.69, 9.17) is 0 Å². The number of unbranched alkanes of at least 4 members (excludes halogenated alkanes) is 1. The van der Waals surface area contributed by atoms with Gasteiger partial charge in [-0.05, 0) is 37.3 Å². The van der Waals surface area contributed by atoms with E-state index in [2.05, 4.69) is 28.9 Å². The van der Waals surface area contributed by atoms with Crippen LogP contribution in [0, 0.1) is 5.92 Å². The minimum absolute atomic E-state index is 0.0109. The molecule has 0 saturated carbocycles. The van der Waals surface area contributed by atoms with Crippen LogP contribution >= 0.6 is 0 Å². The summed E-state index contributed by atoms with van der Waals surface area (Å²) in [5.74, 6) is 1.42. The van der Waals surface area contributed by atoms with E-state index in [1.807, 2.05) is 18.0 Å². The van der Waals surface area contributed by atoms with E-state index < -0.39 is 0 Å². The highest BCUT2D eigenvalue weighted by Crippen LogP contribution is 2.17. The van der Waals surface area contributed by atoms with Crippen molar-refractivity contribution < 1.29 is 4.79 Å². The Morgan fingerprint density at radius 3 is 2.86 bits per heavy atom. The number of amides is 1. The van der Waals surface area contributed by atoms with E-state index in [0.29, 0.717) is 11.6 Å². The van der Waals surface area contributed by atoms with Crippen LogP contribution in [-0.4, -0.2) is 47.7 Å². The molecule has 0 aliphatic carbocycles. The Hall–Kier alpha value is -1.65. The second-order valence-corrected chi connectivity index (χ2v) is 6.05. The summed E-state index contributed by atoms with van der Waals surface area (Å²) < 4.78 is 0. The molecule has 0 radical (unpaired) electrons. The van der Waals surface area contributed by atoms with Gasteiger partial charge in [0, 0.05) is 26.7 Å². The van der Waals surface area contributed by atoms with E-state index in [0.717, 1.165) is 44.7 Å². The van der Waals surface area contributed by atoms with Gasteiger partial charge in [-0.3, -0.25) is 4.79 Å². The molecule has 2 heterocycles. The van der Waals surface area contributed by atoms with E-state index in [9.17, 15) is 4.79 Å². The van der Waals surface area contributed by atoms with Crippen molar-refractivity contribution in [2.75, 3.05) is 31.6 Å². The van der Waals surface area contributed by atoms with Crippen LogP contribution in [0.5, 0.6) is 0 Å². The smallest absolute Gasteiger partial charge is 0.274 e. The lowest BCUT2D eigenvalue weighted by atomic mass is 10.00. The van der Waals surface area contributed by atoms with Crippen LogP contribution in [0.15, 0.2) is 12.1 Å². The van der Waals surface area contributed by atoms with E-state index in [1.54, 1.807) is 6.07 Å². The lowest BCUT2D eigenvalue weighted by Gasteiger charge is -2.30. The Morgan fingerprint density at radius 1 is 1.43 bits per heavy atom. The van der Waals surface area contributed by atoms with Crippen LogP contribution in [-0.2, 0) is 0 Å². The highest BCUT2D eigenvalue weighted by atomic mass is 16.2. The molecule has 0 bridgehead atoms. The predicted octanol–water partition coefficient (Wildman–Crippen LogP) is 2.59. The van der Waals surface area contributed by atoms with Crippen molar-refractivity contribution in [3.05, 3.63) is 17.8 Å². The maximum absolute atomic E-state index is 12.4. The molecule has 116 valence electrons. The zero-order valence-corrected chi connectivity index (χ0v) is 13.4. The van der Waals surface area contributed by atoms with Crippen LogP contribution in [0.25, 0.3) is 0 Å². The Balaban J connectivity index is 1.99. The summed E-state index contributed by atoms with van der Waals surface area (Å²) in [4.78, 5) is 16.4. The molecule has 1 aliphatic heterocycles. The molecule has 2 rings (SSSR count). The van der Waals surface area contributed by atoms with Crippen LogP contribution in [0.2, 0.25) is 0 Å². The first kappa shape index (κ1) is 15.7. The molecule has 1 atom stereocenters. The van der Waals surface area contributed by atoms with Crippen molar-refractivity contribution in [1.29, 1.82) is 0 Å². The van der Waals surface area contributed by atoms with Crippen LogP contribution in [0.3, 0.4) is 0 Å². The molecule has 21 heavy (non-hydrogen) atoms. The summed E-state index contributed by atoms with van der Waals surface area (Å²) in [6, 6.07) is 3.69. The Morgan fingerprint density at radius 2 is 2.24 bits per heavy atom. The maximum Gasteiger partial charge on any atom is 0.274 e. The summed E-state index contributed by atoms with van der Waals surface area (Å²) in [5, 5.41) is 8.32. The number of rotatable bonds is 5. The molecule has 5 nitrogen and oxygen atoms in total. The van der Waals surface area contributed by atoms with Gasteiger partial charge in [0.15, 0.2) is 11.5 Å². The van der Waals surface area contributed by atoms with Crippen molar-refractivity contribution in [1.82, 2.24) is 15.1 Å². The van der Waals surface area contributed by atoms with Gasteiger partial charge >= 0.3 is 0 Å². The van der Waals surface area contributed by atoms with Crippen molar-refractivity contribution in [3.63, 3.8) is 0 Å². The van der Waals surface area contributed by atoms with Gasteiger partial charge in [0.1, 0.15) is 0 Å². The van der Waals surface area contributed by atoms with Gasteiger partial charge in [-0.1, -0.05) is 20.3 Å². The second kappa shape index (κ2) is 7.38. The maximum atomic E-state index is 12.4. The average Bonchev–Trinajstić information content (AvgIpc) is 2.52. The molecule has 0 N–H and O–H groups in total. The highest BCUT2D eigenvalue weighted by molar-refractivity contribution is 5.92. The summed E-state index contributed by atoms with van der Waals surface area (Å²) >= 11 is 0. The average molecular weight is 290 g/mol. The Bertz CT molecular complexity index is 460. The zero-order valence-electron chi connectivity index (χ0n) is 13.4. The normalized spacial score (nSPS) is 18.6. The topological polar surface area (TPSA) is 49.3 Å². The number of nitrogens with zero attached hydrogens (tertiary/aromatic N) is 4. The van der Waals surface area contributed by atoms with Gasteiger partial charge in [-0.2, -0.15) is 0 Å². The lowest BCUT2D eigenvalue weighted by Crippen LogP contribution is -2.39. The van der Waals surface area contributed by atoms with Gasteiger partial charge in [-0.25, -0.2) is 0 Å². The van der Waals surface area contributed by atoms with Crippen LogP contribution in [0.1, 0.15) is 50.0 Å². The fourth-order valence-electron chi connectivity index (χ4n) is 2.69. The molecule has 1 aromatic rings. The first-order valence-corrected chi connectivity index (χ1v) is 7.96. The number of hydrogen-bond donors (Lipinski definition) is 0. The van der Waals surface area contributed by atoms with Gasteiger partial charge in [0.25, 0.3) is 5.91 Å². The molecule has 1 fully saturated rings. The Kier molecular flexibility index (Phi) is 5.53. The highest BCUT2D eigenvalue weighted by Gasteiger charge is 2.23. The number of carbonyl (C=O) groups is 1. The first-order chi connectivity index (χ1) is 10.1. The predicted molar refractivity (Wildman–Crippen MR) is 84.5 cm³/mol. The zero-order chi connectivity index (χ0) is 15.2. The monoisotopic (exact) mass is 290 g/mol. The molecule has 0 spiro atoms. The number of carbonyl (C=O) groups excluding carboxylic acids is 1. The summed E-state index contributed by atoms with van der Waals surface area (Å²) in [6.07, 6.45) is 4.57. The van der Waals surface area contributed by atoms with Crippen LogP contribution in [0.4, 0.5) is 5.82 Å².